The van der Waals surface area contributed by atoms with E-state index in [2.05, 4.69) is 10.3 Å². The van der Waals surface area contributed by atoms with E-state index in [4.69, 9.17) is 0 Å². The van der Waals surface area contributed by atoms with Crippen molar-refractivity contribution >= 4 is 5.69 Å². The number of para-hydroxylation sites is 1. The summed E-state index contributed by atoms with van der Waals surface area (Å²) < 4.78 is 1.98. The van der Waals surface area contributed by atoms with Gasteiger partial charge in [0.25, 0.3) is 5.69 Å². The molecule has 0 saturated carbocycles. The van der Waals surface area contributed by atoms with Crippen molar-refractivity contribution < 1.29 is 4.92 Å². The molecule has 6 heteroatoms. The fourth-order valence-corrected chi connectivity index (χ4v) is 2.30. The summed E-state index contributed by atoms with van der Waals surface area (Å²) in [6.45, 7) is 4.75. The largest absolute Gasteiger partial charge is 0.336 e. The third-order valence-corrected chi connectivity index (χ3v) is 3.18. The zero-order valence-corrected chi connectivity index (χ0v) is 11.6. The second-order valence-electron chi connectivity index (χ2n) is 4.86. The van der Waals surface area contributed by atoms with E-state index in [1.165, 1.54) is 6.07 Å². The Hall–Kier alpha value is -2.21. The number of hydrogen-bond acceptors (Lipinski definition) is 4. The van der Waals surface area contributed by atoms with E-state index in [1.807, 2.05) is 30.7 Å². The molecule has 0 aliphatic heterocycles. The summed E-state index contributed by atoms with van der Waals surface area (Å²) in [4.78, 5) is 14.7. The molecule has 1 aromatic heterocycles. The van der Waals surface area contributed by atoms with Crippen LogP contribution in [0.4, 0.5) is 5.69 Å². The van der Waals surface area contributed by atoms with Crippen molar-refractivity contribution in [1.29, 1.82) is 0 Å². The number of imidazole rings is 1. The molecule has 0 fully saturated rings. The molecule has 106 valence electrons. The first kappa shape index (κ1) is 14.2. The topological polar surface area (TPSA) is 73.0 Å². The van der Waals surface area contributed by atoms with Crippen LogP contribution in [-0.4, -0.2) is 20.5 Å². The van der Waals surface area contributed by atoms with Crippen molar-refractivity contribution in [2.24, 2.45) is 0 Å². The molecule has 1 heterocycles. The highest BCUT2D eigenvalue weighted by Crippen LogP contribution is 2.24. The van der Waals surface area contributed by atoms with Crippen LogP contribution >= 0.6 is 0 Å². The molecule has 0 saturated heterocycles. The molecule has 0 radical (unpaired) electrons. The van der Waals surface area contributed by atoms with Gasteiger partial charge in [-0.05, 0) is 13.8 Å². The van der Waals surface area contributed by atoms with E-state index in [9.17, 15) is 10.1 Å². The Morgan fingerprint density at radius 3 is 2.80 bits per heavy atom. The minimum absolute atomic E-state index is 0.0879. The monoisotopic (exact) mass is 274 g/mol. The van der Waals surface area contributed by atoms with Crippen molar-refractivity contribution in [2.75, 3.05) is 0 Å². The molecule has 20 heavy (non-hydrogen) atoms. The average molecular weight is 274 g/mol. The summed E-state index contributed by atoms with van der Waals surface area (Å²) in [7, 11) is 0. The summed E-state index contributed by atoms with van der Waals surface area (Å²) in [6.07, 6.45) is 5.39. The highest BCUT2D eigenvalue weighted by Gasteiger charge is 2.19. The summed E-state index contributed by atoms with van der Waals surface area (Å²) >= 11 is 0. The van der Waals surface area contributed by atoms with Gasteiger partial charge in [-0.1, -0.05) is 18.2 Å². The number of nitrogens with zero attached hydrogens (tertiary/aromatic N) is 3. The number of nitro groups is 1. The van der Waals surface area contributed by atoms with E-state index in [0.717, 1.165) is 6.54 Å². The van der Waals surface area contributed by atoms with Gasteiger partial charge in [-0.2, -0.15) is 0 Å². The van der Waals surface area contributed by atoms with Gasteiger partial charge < -0.3 is 9.88 Å². The summed E-state index contributed by atoms with van der Waals surface area (Å²) in [6, 6.07) is 6.92. The van der Waals surface area contributed by atoms with Gasteiger partial charge in [0.15, 0.2) is 0 Å². The van der Waals surface area contributed by atoms with Crippen LogP contribution in [0.2, 0.25) is 0 Å². The van der Waals surface area contributed by atoms with Crippen LogP contribution in [0.1, 0.15) is 25.5 Å². The van der Waals surface area contributed by atoms with E-state index in [1.54, 1.807) is 24.7 Å². The van der Waals surface area contributed by atoms with Crippen LogP contribution < -0.4 is 5.32 Å². The van der Waals surface area contributed by atoms with E-state index < -0.39 is 0 Å². The second-order valence-corrected chi connectivity index (χ2v) is 4.86. The van der Waals surface area contributed by atoms with Gasteiger partial charge in [0.2, 0.25) is 0 Å². The summed E-state index contributed by atoms with van der Waals surface area (Å²) in [5.74, 6) is 0. The zero-order valence-electron chi connectivity index (χ0n) is 11.6. The molecule has 0 spiro atoms. The molecular formula is C14H18N4O2. The second kappa shape index (κ2) is 6.29. The lowest BCUT2D eigenvalue weighted by atomic mass is 10.1. The van der Waals surface area contributed by atoms with Gasteiger partial charge in [-0.3, -0.25) is 10.1 Å². The molecule has 1 N–H and O–H groups in total. The van der Waals surface area contributed by atoms with Gasteiger partial charge in [-0.15, -0.1) is 0 Å². The fourth-order valence-electron chi connectivity index (χ4n) is 2.30. The predicted molar refractivity (Wildman–Crippen MR) is 76.3 cm³/mol. The molecule has 0 aliphatic carbocycles. The van der Waals surface area contributed by atoms with Crippen LogP contribution in [0.25, 0.3) is 0 Å². The standard InChI is InChI=1S/C14H18N4O2/c1-11(9-17-8-7-15-10-17)16-12(2)13-5-3-4-6-14(13)18(19)20/h3-8,10-12,16H,9H2,1-2H3. The Morgan fingerprint density at radius 1 is 1.40 bits per heavy atom. The molecule has 0 amide bonds. The van der Waals surface area contributed by atoms with Crippen LogP contribution in [0.5, 0.6) is 0 Å². The van der Waals surface area contributed by atoms with Gasteiger partial charge in [-0.25, -0.2) is 4.98 Å². The molecule has 0 aliphatic rings. The van der Waals surface area contributed by atoms with Crippen LogP contribution in [-0.2, 0) is 6.54 Å². The molecule has 2 atom stereocenters. The van der Waals surface area contributed by atoms with E-state index >= 15 is 0 Å². The lowest BCUT2D eigenvalue weighted by molar-refractivity contribution is -0.385. The summed E-state index contributed by atoms with van der Waals surface area (Å²) in [5, 5.41) is 14.4. The summed E-state index contributed by atoms with van der Waals surface area (Å²) in [5.41, 5.74) is 0.859. The Kier molecular flexibility index (Phi) is 4.47. The molecule has 2 rings (SSSR count). The molecular weight excluding hydrogens is 256 g/mol. The fraction of sp³-hybridized carbons (Fsp3) is 0.357. The quantitative estimate of drug-likeness (QED) is 0.649. The SMILES string of the molecule is CC(Cn1ccnc1)NC(C)c1ccccc1[N+](=O)[O-]. The van der Waals surface area contributed by atoms with Crippen molar-refractivity contribution in [3.63, 3.8) is 0 Å². The number of benzene rings is 1. The minimum Gasteiger partial charge on any atom is -0.336 e. The number of nitrogens with one attached hydrogen (secondary N) is 1. The van der Waals surface area contributed by atoms with Crippen LogP contribution in [0, 0.1) is 10.1 Å². The lowest BCUT2D eigenvalue weighted by Gasteiger charge is -2.20. The number of nitro benzene ring substituents is 1. The van der Waals surface area contributed by atoms with E-state index in [0.29, 0.717) is 5.56 Å². The van der Waals surface area contributed by atoms with Crippen molar-refractivity contribution in [1.82, 2.24) is 14.9 Å². The molecule has 0 bridgehead atoms. The smallest absolute Gasteiger partial charge is 0.274 e. The average Bonchev–Trinajstić information content (AvgIpc) is 2.91. The predicted octanol–water partition coefficient (Wildman–Crippen LogP) is 2.53. The highest BCUT2D eigenvalue weighted by atomic mass is 16.6. The third kappa shape index (κ3) is 3.42. The molecule has 2 aromatic rings. The van der Waals surface area contributed by atoms with Crippen molar-refractivity contribution in [2.45, 2.75) is 32.5 Å². The Labute approximate surface area is 117 Å². The first-order chi connectivity index (χ1) is 9.58. The first-order valence-electron chi connectivity index (χ1n) is 6.53. The molecule has 1 aromatic carbocycles. The normalized spacial score (nSPS) is 13.9. The van der Waals surface area contributed by atoms with Gasteiger partial charge >= 0.3 is 0 Å². The molecule has 6 nitrogen and oxygen atoms in total. The van der Waals surface area contributed by atoms with Crippen LogP contribution in [0.3, 0.4) is 0 Å². The number of aromatic nitrogens is 2. The first-order valence-corrected chi connectivity index (χ1v) is 6.53. The van der Waals surface area contributed by atoms with Crippen molar-refractivity contribution in [3.8, 4) is 0 Å². The lowest BCUT2D eigenvalue weighted by Crippen LogP contribution is -2.32. The Bertz CT molecular complexity index is 568. The maximum absolute atomic E-state index is 11.0. The van der Waals surface area contributed by atoms with Gasteiger partial charge in [0.05, 0.1) is 11.3 Å². The maximum Gasteiger partial charge on any atom is 0.274 e. The Morgan fingerprint density at radius 2 is 2.15 bits per heavy atom. The van der Waals surface area contributed by atoms with Gasteiger partial charge in [0.1, 0.15) is 0 Å². The minimum atomic E-state index is -0.339. The third-order valence-electron chi connectivity index (χ3n) is 3.18. The highest BCUT2D eigenvalue weighted by molar-refractivity contribution is 5.41. The maximum atomic E-state index is 11.0. The Balaban J connectivity index is 2.04. The molecule has 2 unspecified atom stereocenters. The van der Waals surface area contributed by atoms with E-state index in [-0.39, 0.29) is 22.7 Å². The number of rotatable bonds is 6. The van der Waals surface area contributed by atoms with Crippen molar-refractivity contribution in [3.05, 3.63) is 58.7 Å². The van der Waals surface area contributed by atoms with Crippen LogP contribution in [0.15, 0.2) is 43.0 Å². The number of hydrogen-bond donors (Lipinski definition) is 1. The zero-order chi connectivity index (χ0) is 14.5. The van der Waals surface area contributed by atoms with Gasteiger partial charge in [0, 0.05) is 42.7 Å².